The Morgan fingerprint density at radius 1 is 1.20 bits per heavy atom. The fraction of sp³-hybridized carbons (Fsp3) is 0.312. The summed E-state index contributed by atoms with van der Waals surface area (Å²) < 4.78 is 1.09. The molecule has 1 heterocycles. The van der Waals surface area contributed by atoms with Crippen LogP contribution in [-0.4, -0.2) is 10.5 Å². The zero-order valence-corrected chi connectivity index (χ0v) is 14.4. The Hall–Kier alpha value is -0.840. The summed E-state index contributed by atoms with van der Waals surface area (Å²) in [6.07, 6.45) is 1.83. The van der Waals surface area contributed by atoms with Gasteiger partial charge in [-0.3, -0.25) is 0 Å². The molecule has 0 fully saturated rings. The minimum absolute atomic E-state index is 0.111. The van der Waals surface area contributed by atoms with Gasteiger partial charge in [-0.1, -0.05) is 39.8 Å². The minimum atomic E-state index is 0.111. The molecule has 20 heavy (non-hydrogen) atoms. The van der Waals surface area contributed by atoms with Crippen molar-refractivity contribution in [2.75, 3.05) is 0 Å². The molecule has 2 rings (SSSR count). The van der Waals surface area contributed by atoms with Gasteiger partial charge in [0.1, 0.15) is 5.03 Å². The largest absolute Gasteiger partial charge is 0.308 e. The normalized spacial score (nSPS) is 11.6. The first-order chi connectivity index (χ1) is 9.44. The maximum absolute atomic E-state index is 4.38. The monoisotopic (exact) mass is 350 g/mol. The van der Waals surface area contributed by atoms with E-state index in [0.29, 0.717) is 0 Å². The number of halogens is 1. The van der Waals surface area contributed by atoms with E-state index in [0.717, 1.165) is 16.0 Å². The van der Waals surface area contributed by atoms with Gasteiger partial charge >= 0.3 is 0 Å². The van der Waals surface area contributed by atoms with E-state index in [4.69, 9.17) is 0 Å². The Morgan fingerprint density at radius 3 is 2.65 bits per heavy atom. The highest BCUT2D eigenvalue weighted by atomic mass is 79.9. The van der Waals surface area contributed by atoms with Crippen molar-refractivity contribution in [2.45, 2.75) is 42.8 Å². The average molecular weight is 351 g/mol. The van der Waals surface area contributed by atoms with Crippen molar-refractivity contribution in [3.05, 3.63) is 52.6 Å². The Labute approximate surface area is 133 Å². The van der Waals surface area contributed by atoms with Crippen molar-refractivity contribution < 1.29 is 0 Å². The van der Waals surface area contributed by atoms with Crippen LogP contribution in [0.3, 0.4) is 0 Å². The van der Waals surface area contributed by atoms with Gasteiger partial charge in [0, 0.05) is 27.6 Å². The molecule has 0 bridgehead atoms. The van der Waals surface area contributed by atoms with Crippen molar-refractivity contribution in [3.63, 3.8) is 0 Å². The highest BCUT2D eigenvalue weighted by molar-refractivity contribution is 9.10. The van der Waals surface area contributed by atoms with Gasteiger partial charge in [0.15, 0.2) is 0 Å². The van der Waals surface area contributed by atoms with Gasteiger partial charge < -0.3 is 5.32 Å². The van der Waals surface area contributed by atoms with Crippen molar-refractivity contribution in [2.24, 2.45) is 0 Å². The predicted molar refractivity (Wildman–Crippen MR) is 89.1 cm³/mol. The Bertz CT molecular complexity index is 564. The summed E-state index contributed by atoms with van der Waals surface area (Å²) in [5, 5.41) is 4.55. The van der Waals surface area contributed by atoms with Crippen molar-refractivity contribution in [3.8, 4) is 0 Å². The van der Waals surface area contributed by atoms with Crippen LogP contribution in [0.1, 0.15) is 26.3 Å². The van der Waals surface area contributed by atoms with Crippen LogP contribution in [0.2, 0.25) is 0 Å². The molecule has 0 aliphatic rings. The first-order valence-electron chi connectivity index (χ1n) is 6.56. The van der Waals surface area contributed by atoms with Gasteiger partial charge in [-0.25, -0.2) is 4.98 Å². The molecule has 0 amide bonds. The number of pyridine rings is 1. The Morgan fingerprint density at radius 2 is 2.00 bits per heavy atom. The molecular formula is C16H19BrN2S. The lowest BCUT2D eigenvalue weighted by Crippen LogP contribution is -2.35. The van der Waals surface area contributed by atoms with Crippen LogP contribution in [0, 0.1) is 0 Å². The smallest absolute Gasteiger partial charge is 0.101 e. The lowest BCUT2D eigenvalue weighted by Gasteiger charge is -2.21. The van der Waals surface area contributed by atoms with Crippen molar-refractivity contribution in [1.29, 1.82) is 0 Å². The summed E-state index contributed by atoms with van der Waals surface area (Å²) in [5.74, 6) is 0. The molecule has 2 nitrogen and oxygen atoms in total. The number of nitrogens with zero attached hydrogens (tertiary/aromatic N) is 1. The lowest BCUT2D eigenvalue weighted by atomic mass is 10.1. The quantitative estimate of drug-likeness (QED) is 0.850. The molecule has 1 aromatic heterocycles. The second-order valence-electron chi connectivity index (χ2n) is 5.63. The van der Waals surface area contributed by atoms with E-state index in [9.17, 15) is 0 Å². The van der Waals surface area contributed by atoms with Gasteiger partial charge in [-0.05, 0) is 50.6 Å². The molecule has 0 aliphatic heterocycles. The summed E-state index contributed by atoms with van der Waals surface area (Å²) in [6.45, 7) is 7.39. The number of hydrogen-bond acceptors (Lipinski definition) is 3. The molecule has 0 spiro atoms. The highest BCUT2D eigenvalue weighted by Gasteiger charge is 2.11. The van der Waals surface area contributed by atoms with Crippen LogP contribution in [-0.2, 0) is 6.54 Å². The van der Waals surface area contributed by atoms with E-state index < -0.39 is 0 Å². The SMILES string of the molecule is CC(C)(C)NCc1ccc(Br)cc1Sc1ccccn1. The Balaban J connectivity index is 2.20. The third kappa shape index (κ3) is 4.93. The number of aromatic nitrogens is 1. The van der Waals surface area contributed by atoms with E-state index in [1.165, 1.54) is 10.5 Å². The van der Waals surface area contributed by atoms with Gasteiger partial charge in [-0.2, -0.15) is 0 Å². The van der Waals surface area contributed by atoms with Crippen molar-refractivity contribution >= 4 is 27.7 Å². The molecule has 1 aromatic carbocycles. The van der Waals surface area contributed by atoms with E-state index in [1.807, 2.05) is 24.4 Å². The molecule has 0 atom stereocenters. The molecule has 0 radical (unpaired) electrons. The van der Waals surface area contributed by atoms with Crippen LogP contribution in [0.15, 0.2) is 57.0 Å². The van der Waals surface area contributed by atoms with Gasteiger partial charge in [-0.15, -0.1) is 0 Å². The van der Waals surface area contributed by atoms with Crippen LogP contribution in [0.25, 0.3) is 0 Å². The fourth-order valence-corrected chi connectivity index (χ4v) is 3.11. The van der Waals surface area contributed by atoms with Crippen LogP contribution in [0.4, 0.5) is 0 Å². The maximum atomic E-state index is 4.38. The van der Waals surface area contributed by atoms with Crippen LogP contribution in [0.5, 0.6) is 0 Å². The molecule has 106 valence electrons. The van der Waals surface area contributed by atoms with Crippen LogP contribution >= 0.6 is 27.7 Å². The highest BCUT2D eigenvalue weighted by Crippen LogP contribution is 2.31. The molecule has 0 saturated carbocycles. The van der Waals surface area contributed by atoms with Gasteiger partial charge in [0.25, 0.3) is 0 Å². The molecule has 0 saturated heterocycles. The summed E-state index contributed by atoms with van der Waals surface area (Å²) >= 11 is 5.24. The topological polar surface area (TPSA) is 24.9 Å². The Kier molecular flexibility index (Phi) is 5.24. The number of benzene rings is 1. The molecular weight excluding hydrogens is 332 g/mol. The summed E-state index contributed by atoms with van der Waals surface area (Å²) in [5.41, 5.74) is 1.40. The average Bonchev–Trinajstić information content (AvgIpc) is 2.38. The first kappa shape index (κ1) is 15.5. The van der Waals surface area contributed by atoms with E-state index in [2.05, 4.69) is 65.2 Å². The fourth-order valence-electron chi connectivity index (χ4n) is 1.65. The van der Waals surface area contributed by atoms with Gasteiger partial charge in [0.05, 0.1) is 0 Å². The number of nitrogens with one attached hydrogen (secondary N) is 1. The molecule has 4 heteroatoms. The number of rotatable bonds is 4. The molecule has 1 N–H and O–H groups in total. The second-order valence-corrected chi connectivity index (χ2v) is 7.60. The first-order valence-corrected chi connectivity index (χ1v) is 8.17. The molecule has 2 aromatic rings. The predicted octanol–water partition coefficient (Wildman–Crippen LogP) is 4.88. The summed E-state index contributed by atoms with van der Waals surface area (Å²) in [6, 6.07) is 12.4. The number of hydrogen-bond donors (Lipinski definition) is 1. The lowest BCUT2D eigenvalue weighted by molar-refractivity contribution is 0.422. The molecule has 0 unspecified atom stereocenters. The maximum Gasteiger partial charge on any atom is 0.101 e. The van der Waals surface area contributed by atoms with Crippen LogP contribution < -0.4 is 5.32 Å². The molecule has 0 aliphatic carbocycles. The van der Waals surface area contributed by atoms with E-state index >= 15 is 0 Å². The summed E-state index contributed by atoms with van der Waals surface area (Å²) in [4.78, 5) is 5.61. The van der Waals surface area contributed by atoms with E-state index in [-0.39, 0.29) is 5.54 Å². The third-order valence-electron chi connectivity index (χ3n) is 2.69. The summed E-state index contributed by atoms with van der Waals surface area (Å²) in [7, 11) is 0. The zero-order chi connectivity index (χ0) is 14.6. The minimum Gasteiger partial charge on any atom is -0.308 e. The second kappa shape index (κ2) is 6.74. The standard InChI is InChI=1S/C16H19BrN2S/c1-16(2,3)19-11-12-7-8-13(17)10-14(12)20-15-6-4-5-9-18-15/h4-10,19H,11H2,1-3H3. The van der Waals surface area contributed by atoms with E-state index in [1.54, 1.807) is 11.8 Å². The van der Waals surface area contributed by atoms with Gasteiger partial charge in [0.2, 0.25) is 0 Å². The zero-order valence-electron chi connectivity index (χ0n) is 12.0. The van der Waals surface area contributed by atoms with Crippen molar-refractivity contribution in [1.82, 2.24) is 10.3 Å². The third-order valence-corrected chi connectivity index (χ3v) is 4.23.